The van der Waals surface area contributed by atoms with Crippen LogP contribution in [-0.4, -0.2) is 17.0 Å². The average Bonchev–Trinajstić information content (AvgIpc) is 2.17. The molecular weight excluding hydrogens is 230 g/mol. The van der Waals surface area contributed by atoms with Gasteiger partial charge in [-0.25, -0.2) is 8.78 Å². The number of aliphatic hydroxyl groups excluding tert-OH is 1. The molecule has 0 aliphatic rings. The fourth-order valence-corrected chi connectivity index (χ4v) is 2.17. The van der Waals surface area contributed by atoms with E-state index in [0.29, 0.717) is 5.25 Å². The number of halogens is 2. The van der Waals surface area contributed by atoms with Crippen molar-refractivity contribution in [3.8, 4) is 0 Å². The number of aliphatic hydroxyl groups is 1. The van der Waals surface area contributed by atoms with E-state index < -0.39 is 19.0 Å². The second-order valence-electron chi connectivity index (χ2n) is 3.87. The van der Waals surface area contributed by atoms with Crippen LogP contribution in [0.3, 0.4) is 0 Å². The smallest absolute Gasteiger partial charge is 0.275 e. The van der Waals surface area contributed by atoms with Gasteiger partial charge in [0.15, 0.2) is 0 Å². The lowest BCUT2D eigenvalue weighted by Crippen LogP contribution is -2.14. The van der Waals surface area contributed by atoms with E-state index in [1.54, 1.807) is 23.9 Å². The van der Waals surface area contributed by atoms with Gasteiger partial charge in [-0.05, 0) is 12.1 Å². The van der Waals surface area contributed by atoms with Crippen molar-refractivity contribution in [3.63, 3.8) is 0 Å². The number of benzene rings is 1. The Balaban J connectivity index is 2.78. The molecule has 0 aliphatic heterocycles. The minimum absolute atomic E-state index is 0.0327. The van der Waals surface area contributed by atoms with Gasteiger partial charge in [0.25, 0.3) is 5.92 Å². The van der Waals surface area contributed by atoms with Crippen molar-refractivity contribution in [2.45, 2.75) is 36.3 Å². The molecule has 4 heteroatoms. The first-order chi connectivity index (χ1) is 7.45. The van der Waals surface area contributed by atoms with E-state index in [0.717, 1.165) is 4.90 Å². The number of hydrogen-bond acceptors (Lipinski definition) is 2. The zero-order valence-corrected chi connectivity index (χ0v) is 10.2. The monoisotopic (exact) mass is 246 g/mol. The largest absolute Gasteiger partial charge is 0.396 e. The third kappa shape index (κ3) is 3.76. The first-order valence-electron chi connectivity index (χ1n) is 5.21. The Hall–Kier alpha value is -0.610. The van der Waals surface area contributed by atoms with Crippen LogP contribution in [-0.2, 0) is 5.92 Å². The molecule has 90 valence electrons. The lowest BCUT2D eigenvalue weighted by Gasteiger charge is -2.15. The van der Waals surface area contributed by atoms with Gasteiger partial charge in [-0.1, -0.05) is 26.0 Å². The molecule has 0 amide bonds. The molecule has 1 aromatic rings. The van der Waals surface area contributed by atoms with Crippen LogP contribution in [0.2, 0.25) is 0 Å². The molecule has 16 heavy (non-hydrogen) atoms. The fraction of sp³-hybridized carbons (Fsp3) is 0.500. The maximum atomic E-state index is 13.4. The summed E-state index contributed by atoms with van der Waals surface area (Å²) in [7, 11) is 0. The molecule has 1 aromatic carbocycles. The van der Waals surface area contributed by atoms with E-state index in [-0.39, 0.29) is 5.56 Å². The summed E-state index contributed by atoms with van der Waals surface area (Å²) in [5.41, 5.74) is -0.0327. The Morgan fingerprint density at radius 2 is 1.81 bits per heavy atom. The molecule has 0 saturated heterocycles. The fourth-order valence-electron chi connectivity index (χ4n) is 1.33. The summed E-state index contributed by atoms with van der Waals surface area (Å²) in [6.07, 6.45) is -0.524. The SMILES string of the molecule is CC(C)Sc1ccc(C(F)(F)CCO)cc1. The van der Waals surface area contributed by atoms with Crippen molar-refractivity contribution >= 4 is 11.8 Å². The summed E-state index contributed by atoms with van der Waals surface area (Å²) in [5.74, 6) is -2.93. The van der Waals surface area contributed by atoms with Gasteiger partial charge in [0.2, 0.25) is 0 Å². The third-order valence-corrected chi connectivity index (χ3v) is 3.09. The Kier molecular flexibility index (Phi) is 4.74. The van der Waals surface area contributed by atoms with Crippen LogP contribution < -0.4 is 0 Å². The Bertz CT molecular complexity index is 322. The maximum Gasteiger partial charge on any atom is 0.275 e. The molecule has 0 aliphatic carbocycles. The number of thioether (sulfide) groups is 1. The molecule has 0 aromatic heterocycles. The van der Waals surface area contributed by atoms with E-state index in [9.17, 15) is 8.78 Å². The predicted molar refractivity (Wildman–Crippen MR) is 63.0 cm³/mol. The van der Waals surface area contributed by atoms with Crippen molar-refractivity contribution in [1.82, 2.24) is 0 Å². The molecule has 0 saturated carbocycles. The molecule has 1 N–H and O–H groups in total. The summed E-state index contributed by atoms with van der Waals surface area (Å²) in [6.45, 7) is 3.60. The van der Waals surface area contributed by atoms with Crippen LogP contribution in [0.1, 0.15) is 25.8 Å². The van der Waals surface area contributed by atoms with Crippen LogP contribution in [0.25, 0.3) is 0 Å². The highest BCUT2D eigenvalue weighted by Gasteiger charge is 2.30. The van der Waals surface area contributed by atoms with E-state index in [4.69, 9.17) is 5.11 Å². The molecular formula is C12H16F2OS. The van der Waals surface area contributed by atoms with Crippen molar-refractivity contribution in [3.05, 3.63) is 29.8 Å². The number of alkyl halides is 2. The minimum atomic E-state index is -2.93. The minimum Gasteiger partial charge on any atom is -0.396 e. The van der Waals surface area contributed by atoms with Crippen LogP contribution >= 0.6 is 11.8 Å². The maximum absolute atomic E-state index is 13.4. The van der Waals surface area contributed by atoms with Gasteiger partial charge in [0.1, 0.15) is 0 Å². The van der Waals surface area contributed by atoms with E-state index in [1.807, 2.05) is 0 Å². The van der Waals surface area contributed by atoms with E-state index in [2.05, 4.69) is 13.8 Å². The van der Waals surface area contributed by atoms with Gasteiger partial charge in [-0.3, -0.25) is 0 Å². The molecule has 0 radical (unpaired) electrons. The Labute approximate surface area is 98.9 Å². The molecule has 0 unspecified atom stereocenters. The standard InChI is InChI=1S/C12H16F2OS/c1-9(2)16-11-5-3-10(4-6-11)12(13,14)7-8-15/h3-6,9,15H,7-8H2,1-2H3. The van der Waals surface area contributed by atoms with Crippen molar-refractivity contribution < 1.29 is 13.9 Å². The number of rotatable bonds is 5. The molecule has 1 rings (SSSR count). The van der Waals surface area contributed by atoms with Gasteiger partial charge < -0.3 is 5.11 Å². The Morgan fingerprint density at radius 1 is 1.25 bits per heavy atom. The highest BCUT2D eigenvalue weighted by atomic mass is 32.2. The Morgan fingerprint density at radius 3 is 2.25 bits per heavy atom. The normalized spacial score (nSPS) is 12.1. The van der Waals surface area contributed by atoms with Crippen molar-refractivity contribution in [2.24, 2.45) is 0 Å². The zero-order chi connectivity index (χ0) is 12.2. The molecule has 0 atom stereocenters. The highest BCUT2D eigenvalue weighted by molar-refractivity contribution is 7.99. The molecule has 0 fully saturated rings. The zero-order valence-electron chi connectivity index (χ0n) is 9.41. The second-order valence-corrected chi connectivity index (χ2v) is 5.52. The topological polar surface area (TPSA) is 20.2 Å². The average molecular weight is 246 g/mol. The predicted octanol–water partition coefficient (Wildman–Crippen LogP) is 3.66. The van der Waals surface area contributed by atoms with Crippen molar-refractivity contribution in [2.75, 3.05) is 6.61 Å². The van der Waals surface area contributed by atoms with E-state index >= 15 is 0 Å². The molecule has 0 heterocycles. The summed E-state index contributed by atoms with van der Waals surface area (Å²) in [5, 5.41) is 8.99. The first-order valence-corrected chi connectivity index (χ1v) is 6.09. The highest BCUT2D eigenvalue weighted by Crippen LogP contribution is 2.33. The van der Waals surface area contributed by atoms with Gasteiger partial charge in [0.05, 0.1) is 0 Å². The van der Waals surface area contributed by atoms with E-state index in [1.165, 1.54) is 12.1 Å². The van der Waals surface area contributed by atoms with Crippen molar-refractivity contribution in [1.29, 1.82) is 0 Å². The van der Waals surface area contributed by atoms with Gasteiger partial charge in [-0.15, -0.1) is 11.8 Å². The quantitative estimate of drug-likeness (QED) is 0.800. The summed E-state index contributed by atoms with van der Waals surface area (Å²) < 4.78 is 26.8. The van der Waals surface area contributed by atoms with Gasteiger partial charge in [0, 0.05) is 28.7 Å². The second kappa shape index (κ2) is 5.64. The summed E-state index contributed by atoms with van der Waals surface area (Å²) in [6, 6.07) is 6.26. The van der Waals surface area contributed by atoms with Crippen LogP contribution in [0.4, 0.5) is 8.78 Å². The summed E-state index contributed by atoms with van der Waals surface area (Å²) >= 11 is 1.64. The molecule has 0 bridgehead atoms. The first kappa shape index (κ1) is 13.5. The van der Waals surface area contributed by atoms with Crippen LogP contribution in [0.15, 0.2) is 29.2 Å². The summed E-state index contributed by atoms with van der Waals surface area (Å²) in [4.78, 5) is 0.985. The lowest BCUT2D eigenvalue weighted by atomic mass is 10.1. The van der Waals surface area contributed by atoms with Gasteiger partial charge >= 0.3 is 0 Å². The van der Waals surface area contributed by atoms with Gasteiger partial charge in [-0.2, -0.15) is 0 Å². The lowest BCUT2D eigenvalue weighted by molar-refractivity contribution is -0.0270. The van der Waals surface area contributed by atoms with Crippen LogP contribution in [0, 0.1) is 0 Å². The van der Waals surface area contributed by atoms with Crippen LogP contribution in [0.5, 0.6) is 0 Å². The number of hydrogen-bond donors (Lipinski definition) is 1. The molecule has 1 nitrogen and oxygen atoms in total. The third-order valence-electron chi connectivity index (χ3n) is 2.07. The molecule has 0 spiro atoms.